The smallest absolute Gasteiger partial charge is 0.311 e. The molecule has 2 aromatic carbocycles. The van der Waals surface area contributed by atoms with E-state index in [-0.39, 0.29) is 0 Å². The van der Waals surface area contributed by atoms with Gasteiger partial charge in [-0.3, -0.25) is 4.79 Å². The molecule has 2 aromatic rings. The van der Waals surface area contributed by atoms with Gasteiger partial charge in [-0.25, -0.2) is 0 Å². The Labute approximate surface area is 135 Å². The number of benzene rings is 2. The SMILES string of the molecule is CCCOc1ccc(Cl)cc1CC(C(=O)O)c1ccccc1. The van der Waals surface area contributed by atoms with Crippen molar-refractivity contribution in [3.05, 3.63) is 64.7 Å². The number of ether oxygens (including phenoxy) is 1. The van der Waals surface area contributed by atoms with Crippen molar-refractivity contribution in [3.63, 3.8) is 0 Å². The van der Waals surface area contributed by atoms with Crippen molar-refractivity contribution in [2.75, 3.05) is 6.61 Å². The highest BCUT2D eigenvalue weighted by atomic mass is 35.5. The van der Waals surface area contributed by atoms with Gasteiger partial charge >= 0.3 is 5.97 Å². The summed E-state index contributed by atoms with van der Waals surface area (Å²) in [4.78, 5) is 11.6. The van der Waals surface area contributed by atoms with E-state index < -0.39 is 11.9 Å². The zero-order chi connectivity index (χ0) is 15.9. The van der Waals surface area contributed by atoms with Crippen LogP contribution in [-0.2, 0) is 11.2 Å². The third-order valence-corrected chi connectivity index (χ3v) is 3.64. The van der Waals surface area contributed by atoms with Gasteiger partial charge in [0.05, 0.1) is 12.5 Å². The molecule has 0 aliphatic carbocycles. The van der Waals surface area contributed by atoms with Crippen LogP contribution >= 0.6 is 11.6 Å². The Bertz CT molecular complexity index is 625. The average Bonchev–Trinajstić information content (AvgIpc) is 2.52. The summed E-state index contributed by atoms with van der Waals surface area (Å²) in [6.45, 7) is 2.62. The van der Waals surface area contributed by atoms with Gasteiger partial charge in [0.15, 0.2) is 0 Å². The van der Waals surface area contributed by atoms with Gasteiger partial charge in [0, 0.05) is 5.02 Å². The summed E-state index contributed by atoms with van der Waals surface area (Å²) in [5.41, 5.74) is 1.59. The summed E-state index contributed by atoms with van der Waals surface area (Å²) in [5.74, 6) is -0.773. The molecule has 0 aromatic heterocycles. The molecule has 2 rings (SSSR count). The first-order valence-electron chi connectivity index (χ1n) is 7.30. The number of aliphatic carboxylic acids is 1. The highest BCUT2D eigenvalue weighted by molar-refractivity contribution is 6.30. The Kier molecular flexibility index (Phi) is 5.84. The molecule has 0 fully saturated rings. The van der Waals surface area contributed by atoms with Crippen LogP contribution in [0.1, 0.15) is 30.4 Å². The van der Waals surface area contributed by atoms with Gasteiger partial charge in [-0.1, -0.05) is 48.9 Å². The molecule has 0 saturated carbocycles. The Morgan fingerprint density at radius 3 is 2.59 bits per heavy atom. The fourth-order valence-electron chi connectivity index (χ4n) is 2.31. The van der Waals surface area contributed by atoms with Gasteiger partial charge in [0.25, 0.3) is 0 Å². The van der Waals surface area contributed by atoms with E-state index in [1.807, 2.05) is 37.3 Å². The second-order valence-electron chi connectivity index (χ2n) is 5.11. The molecule has 3 nitrogen and oxygen atoms in total. The van der Waals surface area contributed by atoms with Gasteiger partial charge in [-0.15, -0.1) is 0 Å². The Hall–Kier alpha value is -2.00. The molecular weight excluding hydrogens is 300 g/mol. The molecule has 0 bridgehead atoms. The number of carboxylic acid groups (broad SMARTS) is 1. The first kappa shape index (κ1) is 16.4. The molecule has 116 valence electrons. The highest BCUT2D eigenvalue weighted by Gasteiger charge is 2.22. The van der Waals surface area contributed by atoms with Crippen LogP contribution in [0.25, 0.3) is 0 Å². The summed E-state index contributed by atoms with van der Waals surface area (Å²) in [5, 5.41) is 10.1. The van der Waals surface area contributed by atoms with Gasteiger partial charge < -0.3 is 9.84 Å². The maximum Gasteiger partial charge on any atom is 0.311 e. The maximum absolute atomic E-state index is 11.6. The van der Waals surface area contributed by atoms with Crippen LogP contribution in [0, 0.1) is 0 Å². The van der Waals surface area contributed by atoms with Crippen molar-refractivity contribution < 1.29 is 14.6 Å². The fraction of sp³-hybridized carbons (Fsp3) is 0.278. The largest absolute Gasteiger partial charge is 0.493 e. The number of carbonyl (C=O) groups is 1. The van der Waals surface area contributed by atoms with E-state index in [0.717, 1.165) is 17.5 Å². The van der Waals surface area contributed by atoms with E-state index in [4.69, 9.17) is 16.3 Å². The van der Waals surface area contributed by atoms with Crippen molar-refractivity contribution >= 4 is 17.6 Å². The van der Waals surface area contributed by atoms with E-state index in [0.29, 0.717) is 23.8 Å². The molecule has 0 spiro atoms. The normalized spacial score (nSPS) is 11.9. The van der Waals surface area contributed by atoms with Gasteiger partial charge in [-0.2, -0.15) is 0 Å². The van der Waals surface area contributed by atoms with E-state index >= 15 is 0 Å². The van der Waals surface area contributed by atoms with Crippen LogP contribution in [0.4, 0.5) is 0 Å². The third-order valence-electron chi connectivity index (χ3n) is 3.41. The molecule has 1 unspecified atom stereocenters. The average molecular weight is 319 g/mol. The number of hydrogen-bond donors (Lipinski definition) is 1. The molecule has 4 heteroatoms. The predicted octanol–water partition coefficient (Wildman–Crippen LogP) is 4.54. The molecule has 0 amide bonds. The quantitative estimate of drug-likeness (QED) is 0.815. The Balaban J connectivity index is 2.30. The zero-order valence-corrected chi connectivity index (χ0v) is 13.2. The van der Waals surface area contributed by atoms with Crippen molar-refractivity contribution in [1.29, 1.82) is 0 Å². The third kappa shape index (κ3) is 4.25. The second-order valence-corrected chi connectivity index (χ2v) is 5.54. The first-order chi connectivity index (χ1) is 10.6. The lowest BCUT2D eigenvalue weighted by Crippen LogP contribution is -2.15. The van der Waals surface area contributed by atoms with Crippen molar-refractivity contribution in [2.45, 2.75) is 25.7 Å². The topological polar surface area (TPSA) is 46.5 Å². The van der Waals surface area contributed by atoms with Crippen LogP contribution < -0.4 is 4.74 Å². The van der Waals surface area contributed by atoms with Crippen LogP contribution in [-0.4, -0.2) is 17.7 Å². The standard InChI is InChI=1S/C18H19ClO3/c1-2-10-22-17-9-8-15(19)11-14(17)12-16(18(20)21)13-6-4-3-5-7-13/h3-9,11,16H,2,10,12H2,1H3,(H,20,21). The lowest BCUT2D eigenvalue weighted by atomic mass is 9.92. The minimum Gasteiger partial charge on any atom is -0.493 e. The number of rotatable bonds is 7. The molecule has 0 aliphatic rings. The van der Waals surface area contributed by atoms with E-state index in [2.05, 4.69) is 0 Å². The number of carboxylic acids is 1. The van der Waals surface area contributed by atoms with E-state index in [1.165, 1.54) is 0 Å². The van der Waals surface area contributed by atoms with Crippen LogP contribution in [0.2, 0.25) is 5.02 Å². The van der Waals surface area contributed by atoms with Gasteiger partial charge in [0.2, 0.25) is 0 Å². The summed E-state index contributed by atoms with van der Waals surface area (Å²) in [6, 6.07) is 14.6. The van der Waals surface area contributed by atoms with Gasteiger partial charge in [0.1, 0.15) is 5.75 Å². The molecule has 0 aliphatic heterocycles. The minimum atomic E-state index is -0.854. The highest BCUT2D eigenvalue weighted by Crippen LogP contribution is 2.29. The molecule has 22 heavy (non-hydrogen) atoms. The second kappa shape index (κ2) is 7.85. The Morgan fingerprint density at radius 1 is 1.23 bits per heavy atom. The van der Waals surface area contributed by atoms with Crippen molar-refractivity contribution in [1.82, 2.24) is 0 Å². The molecule has 0 radical (unpaired) electrons. The predicted molar refractivity (Wildman–Crippen MR) is 87.8 cm³/mol. The number of halogens is 1. The summed E-state index contributed by atoms with van der Waals surface area (Å²) in [6.07, 6.45) is 1.24. The molecule has 1 N–H and O–H groups in total. The van der Waals surface area contributed by atoms with Crippen molar-refractivity contribution in [2.24, 2.45) is 0 Å². The molecular formula is C18H19ClO3. The van der Waals surface area contributed by atoms with E-state index in [9.17, 15) is 9.90 Å². The maximum atomic E-state index is 11.6. The summed E-state index contributed by atoms with van der Waals surface area (Å²) < 4.78 is 5.71. The Morgan fingerprint density at radius 2 is 1.95 bits per heavy atom. The first-order valence-corrected chi connectivity index (χ1v) is 7.68. The fourth-order valence-corrected chi connectivity index (χ4v) is 2.51. The molecule has 0 saturated heterocycles. The lowest BCUT2D eigenvalue weighted by molar-refractivity contribution is -0.138. The summed E-state index contributed by atoms with van der Waals surface area (Å²) in [7, 11) is 0. The number of hydrogen-bond acceptors (Lipinski definition) is 2. The molecule has 1 atom stereocenters. The molecule has 0 heterocycles. The zero-order valence-electron chi connectivity index (χ0n) is 12.5. The monoisotopic (exact) mass is 318 g/mol. The van der Waals surface area contributed by atoms with Crippen LogP contribution in [0.5, 0.6) is 5.75 Å². The van der Waals surface area contributed by atoms with Crippen LogP contribution in [0.3, 0.4) is 0 Å². The van der Waals surface area contributed by atoms with Gasteiger partial charge in [-0.05, 0) is 42.2 Å². The van der Waals surface area contributed by atoms with Crippen molar-refractivity contribution in [3.8, 4) is 5.75 Å². The summed E-state index contributed by atoms with van der Waals surface area (Å²) >= 11 is 6.06. The minimum absolute atomic E-state index is 0.346. The van der Waals surface area contributed by atoms with E-state index in [1.54, 1.807) is 18.2 Å². The lowest BCUT2D eigenvalue weighted by Gasteiger charge is -2.16. The van der Waals surface area contributed by atoms with Crippen LogP contribution in [0.15, 0.2) is 48.5 Å².